The number of nitrogens with one attached hydrogen (secondary N) is 1. The van der Waals surface area contributed by atoms with Gasteiger partial charge in [0.1, 0.15) is 0 Å². The summed E-state index contributed by atoms with van der Waals surface area (Å²) in [5, 5.41) is 6.13. The van der Waals surface area contributed by atoms with Gasteiger partial charge in [-0.05, 0) is 53.9 Å². The minimum absolute atomic E-state index is 0.00895. The van der Waals surface area contributed by atoms with Crippen LogP contribution in [0.4, 0.5) is 32.0 Å². The highest BCUT2D eigenvalue weighted by Crippen LogP contribution is 2.37. The molecule has 1 N–H and O–H groups in total. The van der Waals surface area contributed by atoms with E-state index in [1.54, 1.807) is 26.0 Å². The number of aromatic nitrogens is 2. The summed E-state index contributed by atoms with van der Waals surface area (Å²) >= 11 is 6.18. The number of hydrogen-bond acceptors (Lipinski definition) is 2. The number of carbonyl (C=O) groups is 1. The van der Waals surface area contributed by atoms with E-state index in [4.69, 9.17) is 11.6 Å². The quantitative estimate of drug-likeness (QED) is 0.252. The van der Waals surface area contributed by atoms with E-state index in [1.165, 1.54) is 48.5 Å². The molecule has 0 spiro atoms. The Morgan fingerprint density at radius 1 is 0.895 bits per heavy atom. The van der Waals surface area contributed by atoms with Gasteiger partial charge in [-0.2, -0.15) is 31.4 Å². The fourth-order valence-corrected chi connectivity index (χ4v) is 4.00. The number of halogens is 7. The number of alkyl halides is 6. The molecule has 0 saturated carbocycles. The molecule has 0 atom stereocenters. The molecule has 0 saturated heterocycles. The van der Waals surface area contributed by atoms with Crippen LogP contribution >= 0.6 is 11.6 Å². The van der Waals surface area contributed by atoms with Gasteiger partial charge in [-0.3, -0.25) is 4.79 Å². The topological polar surface area (TPSA) is 46.9 Å². The van der Waals surface area contributed by atoms with Gasteiger partial charge < -0.3 is 5.32 Å². The van der Waals surface area contributed by atoms with E-state index in [2.05, 4.69) is 10.4 Å². The van der Waals surface area contributed by atoms with Gasteiger partial charge in [-0.1, -0.05) is 55.8 Å². The maximum Gasteiger partial charge on any atom is 0.435 e. The fourth-order valence-electron chi connectivity index (χ4n) is 3.78. The lowest BCUT2D eigenvalue weighted by molar-refractivity contribution is -0.141. The Kier molecular flexibility index (Phi) is 7.29. The van der Waals surface area contributed by atoms with Crippen LogP contribution in [0.15, 0.2) is 72.8 Å². The largest absolute Gasteiger partial charge is 0.435 e. The minimum Gasteiger partial charge on any atom is -0.321 e. The number of amides is 1. The molecule has 0 unspecified atom stereocenters. The molecule has 198 valence electrons. The van der Waals surface area contributed by atoms with Gasteiger partial charge in [0, 0.05) is 11.1 Å². The second kappa shape index (κ2) is 10.2. The molecule has 4 nitrogen and oxygen atoms in total. The molecule has 1 heterocycles. The first kappa shape index (κ1) is 27.3. The Hall–Kier alpha value is -3.79. The molecule has 0 fully saturated rings. The van der Waals surface area contributed by atoms with E-state index in [0.717, 1.165) is 16.8 Å². The van der Waals surface area contributed by atoms with Crippen molar-refractivity contribution in [3.8, 4) is 16.9 Å². The zero-order valence-corrected chi connectivity index (χ0v) is 20.7. The smallest absolute Gasteiger partial charge is 0.321 e. The first-order valence-corrected chi connectivity index (χ1v) is 11.7. The maximum absolute atomic E-state index is 13.6. The van der Waals surface area contributed by atoms with Gasteiger partial charge in [0.05, 0.1) is 27.7 Å². The molecule has 0 aliphatic rings. The van der Waals surface area contributed by atoms with Gasteiger partial charge in [-0.15, -0.1) is 0 Å². The van der Waals surface area contributed by atoms with Crippen LogP contribution in [0.1, 0.15) is 46.9 Å². The van der Waals surface area contributed by atoms with Crippen molar-refractivity contribution < 1.29 is 31.1 Å². The molecule has 0 bridgehead atoms. The van der Waals surface area contributed by atoms with Crippen molar-refractivity contribution in [2.45, 2.75) is 32.1 Å². The van der Waals surface area contributed by atoms with Gasteiger partial charge in [0.2, 0.25) is 0 Å². The lowest BCUT2D eigenvalue weighted by atomic mass is 9.99. The zero-order valence-electron chi connectivity index (χ0n) is 20.0. The number of anilines is 1. The van der Waals surface area contributed by atoms with E-state index >= 15 is 0 Å². The lowest BCUT2D eigenvalue weighted by Gasteiger charge is -2.17. The second-order valence-corrected chi connectivity index (χ2v) is 9.17. The van der Waals surface area contributed by atoms with Crippen LogP contribution in [0, 0.1) is 0 Å². The summed E-state index contributed by atoms with van der Waals surface area (Å²) < 4.78 is 82.2. The van der Waals surface area contributed by atoms with E-state index in [-0.39, 0.29) is 33.4 Å². The van der Waals surface area contributed by atoms with Crippen molar-refractivity contribution in [3.63, 3.8) is 0 Å². The third-order valence-corrected chi connectivity index (χ3v) is 6.11. The number of hydrogen-bond donors (Lipinski definition) is 1. The van der Waals surface area contributed by atoms with E-state index in [0.29, 0.717) is 5.56 Å². The van der Waals surface area contributed by atoms with Crippen LogP contribution in [-0.2, 0) is 12.4 Å². The van der Waals surface area contributed by atoms with Crippen LogP contribution in [0.3, 0.4) is 0 Å². The minimum atomic E-state index is -4.72. The average molecular weight is 552 g/mol. The van der Waals surface area contributed by atoms with Crippen LogP contribution in [0.25, 0.3) is 16.9 Å². The summed E-state index contributed by atoms with van der Waals surface area (Å²) in [6, 6.07) is 16.1. The fraction of sp³-hybridized carbons (Fsp3) is 0.185. The average Bonchev–Trinajstić information content (AvgIpc) is 3.30. The molecule has 1 amide bonds. The Morgan fingerprint density at radius 2 is 1.55 bits per heavy atom. The molecule has 0 radical (unpaired) electrons. The summed E-state index contributed by atoms with van der Waals surface area (Å²) in [6.45, 7) is 3.51. The molecule has 4 aromatic rings. The molecule has 0 aliphatic carbocycles. The number of carbonyl (C=O) groups excluding carboxylic acids is 1. The van der Waals surface area contributed by atoms with Gasteiger partial charge in [0.25, 0.3) is 5.91 Å². The third-order valence-electron chi connectivity index (χ3n) is 5.79. The normalized spacial score (nSPS) is 12.2. The Balaban J connectivity index is 1.67. The second-order valence-electron chi connectivity index (χ2n) is 8.76. The van der Waals surface area contributed by atoms with Crippen LogP contribution in [0.5, 0.6) is 0 Å². The third kappa shape index (κ3) is 5.70. The summed E-state index contributed by atoms with van der Waals surface area (Å²) in [5.74, 6) is -0.958. The molecule has 11 heteroatoms. The monoisotopic (exact) mass is 551 g/mol. The number of benzene rings is 3. The number of nitrogens with zero attached hydrogens (tertiary/aromatic N) is 2. The lowest BCUT2D eigenvalue weighted by Crippen LogP contribution is -2.17. The van der Waals surface area contributed by atoms with Crippen molar-refractivity contribution in [2.75, 3.05) is 5.32 Å². The zero-order chi connectivity index (χ0) is 27.8. The highest BCUT2D eigenvalue weighted by molar-refractivity contribution is 6.32. The first-order chi connectivity index (χ1) is 17.8. The molecule has 38 heavy (non-hydrogen) atoms. The van der Waals surface area contributed by atoms with Gasteiger partial charge in [-0.25, -0.2) is 4.68 Å². The Labute approximate surface area is 218 Å². The van der Waals surface area contributed by atoms with Gasteiger partial charge >= 0.3 is 12.4 Å². The predicted molar refractivity (Wildman–Crippen MR) is 132 cm³/mol. The number of para-hydroxylation sites is 1. The van der Waals surface area contributed by atoms with E-state index in [1.807, 2.05) is 0 Å². The number of rotatable bonds is 5. The SMILES string of the molecule is CC(C)c1ccc(NC(=O)c2ccc(-c3cc(C(F)(F)F)nn3-c3ccccc3Cl)cc2)c(C(F)(F)F)c1. The van der Waals surface area contributed by atoms with Crippen molar-refractivity contribution in [1.29, 1.82) is 0 Å². The maximum atomic E-state index is 13.6. The summed E-state index contributed by atoms with van der Waals surface area (Å²) in [6.07, 6.45) is -9.41. The first-order valence-electron chi connectivity index (χ1n) is 11.3. The van der Waals surface area contributed by atoms with Crippen molar-refractivity contribution >= 4 is 23.2 Å². The van der Waals surface area contributed by atoms with Crippen molar-refractivity contribution in [3.05, 3.63) is 100 Å². The molecule has 0 aliphatic heterocycles. The van der Waals surface area contributed by atoms with Gasteiger partial charge in [0.15, 0.2) is 5.69 Å². The van der Waals surface area contributed by atoms with E-state index in [9.17, 15) is 31.1 Å². The Morgan fingerprint density at radius 3 is 2.13 bits per heavy atom. The van der Waals surface area contributed by atoms with E-state index < -0.39 is 35.2 Å². The summed E-state index contributed by atoms with van der Waals surface area (Å²) in [5.41, 5.74) is -1.49. The molecule has 3 aromatic carbocycles. The highest BCUT2D eigenvalue weighted by atomic mass is 35.5. The standard InChI is InChI=1S/C27H20ClF6N3O/c1-15(2)18-11-12-21(19(13-18)26(29,30)31)35-25(38)17-9-7-16(8-10-17)23-14-24(27(32,33)34)36-37(23)22-6-4-3-5-20(22)28/h3-15H,1-2H3,(H,35,38). The summed E-state index contributed by atoms with van der Waals surface area (Å²) in [4.78, 5) is 12.8. The molecule has 4 rings (SSSR count). The van der Waals surface area contributed by atoms with Crippen LogP contribution in [0.2, 0.25) is 5.02 Å². The molecular weight excluding hydrogens is 532 g/mol. The summed E-state index contributed by atoms with van der Waals surface area (Å²) in [7, 11) is 0. The molecular formula is C27H20ClF6N3O. The Bertz CT molecular complexity index is 1470. The molecule has 1 aromatic heterocycles. The predicted octanol–water partition coefficient (Wildman–Crippen LogP) is 8.61. The van der Waals surface area contributed by atoms with Crippen LogP contribution < -0.4 is 5.32 Å². The van der Waals surface area contributed by atoms with Crippen molar-refractivity contribution in [1.82, 2.24) is 9.78 Å². The van der Waals surface area contributed by atoms with Crippen molar-refractivity contribution in [2.24, 2.45) is 0 Å². The highest BCUT2D eigenvalue weighted by Gasteiger charge is 2.36. The van der Waals surface area contributed by atoms with Crippen LogP contribution in [-0.4, -0.2) is 15.7 Å².